The van der Waals surface area contributed by atoms with E-state index < -0.39 is 0 Å². The first-order valence-corrected chi connectivity index (χ1v) is 9.06. The van der Waals surface area contributed by atoms with Crippen LogP contribution < -0.4 is 5.32 Å². The van der Waals surface area contributed by atoms with Gasteiger partial charge < -0.3 is 14.6 Å². The van der Waals surface area contributed by atoms with Crippen LogP contribution >= 0.6 is 23.2 Å². The molecule has 27 heavy (non-hydrogen) atoms. The first kappa shape index (κ1) is 19.2. The number of nitrogens with one attached hydrogen (secondary N) is 1. The summed E-state index contributed by atoms with van der Waals surface area (Å²) in [5.41, 5.74) is 1.95. The minimum Gasteiger partial charge on any atom is -0.419 e. The van der Waals surface area contributed by atoms with Crippen LogP contribution in [0.3, 0.4) is 0 Å². The Morgan fingerprint density at radius 2 is 1.85 bits per heavy atom. The highest BCUT2D eigenvalue weighted by Crippen LogP contribution is 2.29. The third-order valence-electron chi connectivity index (χ3n) is 4.17. The maximum Gasteiger partial charge on any atom is 0.232 e. The van der Waals surface area contributed by atoms with E-state index in [4.69, 9.17) is 27.6 Å². The molecule has 0 bridgehead atoms. The minimum absolute atomic E-state index is 0.00525. The van der Waals surface area contributed by atoms with E-state index in [-0.39, 0.29) is 11.7 Å². The normalized spacial score (nSPS) is 12.0. The van der Waals surface area contributed by atoms with Gasteiger partial charge in [0.15, 0.2) is 0 Å². The highest BCUT2D eigenvalue weighted by atomic mass is 35.5. The monoisotopic (exact) mass is 400 g/mol. The molecule has 5 nitrogen and oxygen atoms in total. The van der Waals surface area contributed by atoms with E-state index in [1.54, 1.807) is 24.3 Å². The lowest BCUT2D eigenvalue weighted by Crippen LogP contribution is -2.27. The van der Waals surface area contributed by atoms with E-state index >= 15 is 0 Å². The van der Waals surface area contributed by atoms with Crippen molar-refractivity contribution in [2.75, 3.05) is 26.0 Å². The van der Waals surface area contributed by atoms with Gasteiger partial charge in [-0.25, -0.2) is 0 Å². The molecule has 0 aliphatic heterocycles. The highest BCUT2D eigenvalue weighted by Gasteiger charge is 2.20. The summed E-state index contributed by atoms with van der Waals surface area (Å²) >= 11 is 12.3. The van der Waals surface area contributed by atoms with Crippen LogP contribution in [0.15, 0.2) is 52.9 Å². The number of nitrogens with zero attached hydrogens (tertiary/aromatic N) is 3. The molecular formula is C20H18Cl2N4O. The van der Waals surface area contributed by atoms with Crippen LogP contribution in [-0.2, 0) is 0 Å². The van der Waals surface area contributed by atoms with E-state index in [0.29, 0.717) is 28.4 Å². The SMILES string of the molecule is CN(C)[C@@H](CNc1oc(-c2ccc(Cl)cc2)nc1C#N)c1ccccc1Cl. The molecule has 0 unspecified atom stereocenters. The van der Waals surface area contributed by atoms with E-state index in [2.05, 4.69) is 21.3 Å². The van der Waals surface area contributed by atoms with Gasteiger partial charge >= 0.3 is 0 Å². The van der Waals surface area contributed by atoms with E-state index in [1.165, 1.54) is 0 Å². The molecule has 0 fully saturated rings. The van der Waals surface area contributed by atoms with Gasteiger partial charge in [0.25, 0.3) is 0 Å². The molecule has 1 N–H and O–H groups in total. The number of nitriles is 1. The molecule has 7 heteroatoms. The quantitative estimate of drug-likeness (QED) is 0.612. The number of anilines is 1. The van der Waals surface area contributed by atoms with Crippen molar-refractivity contribution in [1.82, 2.24) is 9.88 Å². The molecule has 3 rings (SSSR count). The molecule has 0 saturated heterocycles. The molecule has 0 radical (unpaired) electrons. The van der Waals surface area contributed by atoms with Crippen LogP contribution in [-0.4, -0.2) is 30.5 Å². The van der Waals surface area contributed by atoms with Crippen molar-refractivity contribution in [1.29, 1.82) is 5.26 Å². The van der Waals surface area contributed by atoms with Crippen LogP contribution in [0.2, 0.25) is 10.0 Å². The molecule has 1 atom stereocenters. The summed E-state index contributed by atoms with van der Waals surface area (Å²) in [6, 6.07) is 16.9. The average Bonchev–Trinajstić information content (AvgIpc) is 3.07. The smallest absolute Gasteiger partial charge is 0.232 e. The second-order valence-corrected chi connectivity index (χ2v) is 7.04. The number of oxazole rings is 1. The minimum atomic E-state index is -0.00525. The molecule has 0 amide bonds. The molecule has 0 aliphatic rings. The predicted molar refractivity (Wildman–Crippen MR) is 108 cm³/mol. The molecule has 0 aliphatic carbocycles. The first-order chi connectivity index (χ1) is 13.0. The lowest BCUT2D eigenvalue weighted by Gasteiger charge is -2.25. The zero-order valence-corrected chi connectivity index (χ0v) is 16.4. The Hall–Kier alpha value is -2.52. The second kappa shape index (κ2) is 8.45. The number of benzene rings is 2. The molecule has 3 aromatic rings. The Morgan fingerprint density at radius 3 is 2.48 bits per heavy atom. The summed E-state index contributed by atoms with van der Waals surface area (Å²) in [7, 11) is 3.95. The van der Waals surface area contributed by atoms with Gasteiger partial charge in [0.1, 0.15) is 6.07 Å². The number of halogens is 2. The lowest BCUT2D eigenvalue weighted by atomic mass is 10.1. The third kappa shape index (κ3) is 4.42. The van der Waals surface area contributed by atoms with Gasteiger partial charge in [0, 0.05) is 22.2 Å². The van der Waals surface area contributed by atoms with Crippen molar-refractivity contribution < 1.29 is 4.42 Å². The van der Waals surface area contributed by atoms with Crippen molar-refractivity contribution in [3.05, 3.63) is 69.8 Å². The highest BCUT2D eigenvalue weighted by molar-refractivity contribution is 6.31. The summed E-state index contributed by atoms with van der Waals surface area (Å²) in [6.45, 7) is 0.501. The fourth-order valence-electron chi connectivity index (χ4n) is 2.74. The number of aromatic nitrogens is 1. The third-order valence-corrected chi connectivity index (χ3v) is 4.76. The number of rotatable bonds is 6. The standard InChI is InChI=1S/C20H18Cl2N4O/c1-26(2)18(15-5-3-4-6-16(15)22)12-24-20-17(11-23)25-19(27-20)13-7-9-14(21)10-8-13/h3-10,18,24H,12H2,1-2H3/t18-/m0/s1. The molecule has 1 aromatic heterocycles. The van der Waals surface area contributed by atoms with Crippen molar-refractivity contribution >= 4 is 29.1 Å². The van der Waals surface area contributed by atoms with Crippen molar-refractivity contribution in [3.8, 4) is 17.5 Å². The Labute approximate surface area is 168 Å². The summed E-state index contributed by atoms with van der Waals surface area (Å²) in [6.07, 6.45) is 0. The van der Waals surface area contributed by atoms with Crippen LogP contribution in [0.1, 0.15) is 17.3 Å². The van der Waals surface area contributed by atoms with Crippen molar-refractivity contribution in [2.24, 2.45) is 0 Å². The first-order valence-electron chi connectivity index (χ1n) is 8.31. The summed E-state index contributed by atoms with van der Waals surface area (Å²) in [5, 5.41) is 13.9. The number of likely N-dealkylation sites (N-methyl/N-ethyl adjacent to an activating group) is 1. The van der Waals surface area contributed by atoms with Gasteiger partial charge in [0.2, 0.25) is 17.5 Å². The summed E-state index contributed by atoms with van der Waals surface area (Å²) in [4.78, 5) is 6.32. The summed E-state index contributed by atoms with van der Waals surface area (Å²) < 4.78 is 5.79. The van der Waals surface area contributed by atoms with Gasteiger partial charge in [-0.1, -0.05) is 41.4 Å². The van der Waals surface area contributed by atoms with Crippen LogP contribution in [0.4, 0.5) is 5.88 Å². The lowest BCUT2D eigenvalue weighted by molar-refractivity contribution is 0.310. The second-order valence-electron chi connectivity index (χ2n) is 6.20. The topological polar surface area (TPSA) is 65.1 Å². The van der Waals surface area contributed by atoms with Gasteiger partial charge in [-0.05, 0) is 50.0 Å². The van der Waals surface area contributed by atoms with E-state index in [1.807, 2.05) is 38.4 Å². The Morgan fingerprint density at radius 1 is 1.15 bits per heavy atom. The Kier molecular flexibility index (Phi) is 6.02. The Balaban J connectivity index is 1.83. The molecular weight excluding hydrogens is 383 g/mol. The van der Waals surface area contributed by atoms with Gasteiger partial charge in [-0.3, -0.25) is 0 Å². The molecule has 0 saturated carbocycles. The molecule has 138 valence electrons. The van der Waals surface area contributed by atoms with Crippen molar-refractivity contribution in [2.45, 2.75) is 6.04 Å². The predicted octanol–water partition coefficient (Wildman–Crippen LogP) is 5.23. The van der Waals surface area contributed by atoms with Crippen LogP contribution in [0.25, 0.3) is 11.5 Å². The van der Waals surface area contributed by atoms with Crippen LogP contribution in [0, 0.1) is 11.3 Å². The molecule has 1 heterocycles. The van der Waals surface area contributed by atoms with E-state index in [9.17, 15) is 5.26 Å². The average molecular weight is 401 g/mol. The fraction of sp³-hybridized carbons (Fsp3) is 0.200. The zero-order valence-electron chi connectivity index (χ0n) is 14.9. The zero-order chi connectivity index (χ0) is 19.4. The van der Waals surface area contributed by atoms with Gasteiger partial charge in [-0.15, -0.1) is 0 Å². The maximum absolute atomic E-state index is 9.39. The van der Waals surface area contributed by atoms with Gasteiger partial charge in [0.05, 0.1) is 6.04 Å². The number of hydrogen-bond donors (Lipinski definition) is 1. The fourth-order valence-corrected chi connectivity index (χ4v) is 3.12. The summed E-state index contributed by atoms with van der Waals surface area (Å²) in [5.74, 6) is 0.700. The van der Waals surface area contributed by atoms with E-state index in [0.717, 1.165) is 11.1 Å². The molecule has 2 aromatic carbocycles. The van der Waals surface area contributed by atoms with Crippen LogP contribution in [0.5, 0.6) is 0 Å². The maximum atomic E-state index is 9.39. The largest absolute Gasteiger partial charge is 0.419 e. The van der Waals surface area contributed by atoms with Gasteiger partial charge in [-0.2, -0.15) is 10.2 Å². The Bertz CT molecular complexity index is 961. The molecule has 0 spiro atoms. The van der Waals surface area contributed by atoms with Crippen molar-refractivity contribution in [3.63, 3.8) is 0 Å². The number of hydrogen-bond acceptors (Lipinski definition) is 5.